The first-order chi connectivity index (χ1) is 12.1. The first-order valence-electron chi connectivity index (χ1n) is 8.13. The van der Waals surface area contributed by atoms with Gasteiger partial charge in [0.15, 0.2) is 0 Å². The molecule has 1 aromatic carbocycles. The Labute approximate surface area is 146 Å². The number of hydrogen-bond donors (Lipinski definition) is 2. The zero-order chi connectivity index (χ0) is 17.6. The quantitative estimate of drug-likeness (QED) is 0.714. The summed E-state index contributed by atoms with van der Waals surface area (Å²) in [6.45, 7) is 4.56. The fraction of sp³-hybridized carbons (Fsp3) is 0.211. The number of aromatic nitrogens is 2. The van der Waals surface area contributed by atoms with Gasteiger partial charge in [-0.2, -0.15) is 0 Å². The molecule has 6 nitrogen and oxygen atoms in total. The van der Waals surface area contributed by atoms with Crippen LogP contribution in [-0.4, -0.2) is 15.9 Å². The van der Waals surface area contributed by atoms with E-state index in [0.29, 0.717) is 29.9 Å². The number of carbonyl (C=O) groups excluding carboxylic acids is 1. The summed E-state index contributed by atoms with van der Waals surface area (Å²) in [6.07, 6.45) is 3.13. The van der Waals surface area contributed by atoms with Gasteiger partial charge < -0.3 is 15.1 Å². The number of nitrogens with one attached hydrogen (secondary N) is 2. The van der Waals surface area contributed by atoms with Crippen LogP contribution in [0.4, 0.5) is 11.6 Å². The van der Waals surface area contributed by atoms with Gasteiger partial charge in [-0.25, -0.2) is 9.97 Å². The normalized spacial score (nSPS) is 10.7. The van der Waals surface area contributed by atoms with Crippen LogP contribution in [0.3, 0.4) is 0 Å². The molecule has 0 saturated heterocycles. The van der Waals surface area contributed by atoms with Crippen molar-refractivity contribution in [3.63, 3.8) is 0 Å². The number of furan rings is 1. The molecule has 0 aliphatic rings. The molecule has 0 bridgehead atoms. The van der Waals surface area contributed by atoms with Gasteiger partial charge >= 0.3 is 0 Å². The van der Waals surface area contributed by atoms with Gasteiger partial charge in [-0.3, -0.25) is 4.79 Å². The van der Waals surface area contributed by atoms with E-state index in [1.165, 1.54) is 5.56 Å². The Balaban J connectivity index is 1.72. The molecule has 0 radical (unpaired) electrons. The van der Waals surface area contributed by atoms with Crippen LogP contribution in [0.1, 0.15) is 41.6 Å². The van der Waals surface area contributed by atoms with Crippen molar-refractivity contribution in [3.05, 3.63) is 71.9 Å². The molecule has 0 saturated carbocycles. The summed E-state index contributed by atoms with van der Waals surface area (Å²) in [6, 6.07) is 13.1. The van der Waals surface area contributed by atoms with Gasteiger partial charge in [-0.15, -0.1) is 0 Å². The van der Waals surface area contributed by atoms with E-state index in [-0.39, 0.29) is 5.91 Å². The van der Waals surface area contributed by atoms with Gasteiger partial charge in [0.1, 0.15) is 11.5 Å². The molecule has 0 aliphatic heterocycles. The van der Waals surface area contributed by atoms with E-state index in [1.807, 2.05) is 18.2 Å². The number of hydrogen-bond acceptors (Lipinski definition) is 5. The third-order valence-corrected chi connectivity index (χ3v) is 3.72. The van der Waals surface area contributed by atoms with E-state index in [9.17, 15) is 4.79 Å². The molecule has 128 valence electrons. The molecule has 0 fully saturated rings. The average Bonchev–Trinajstić information content (AvgIpc) is 3.14. The van der Waals surface area contributed by atoms with Crippen molar-refractivity contribution in [2.24, 2.45) is 0 Å². The predicted molar refractivity (Wildman–Crippen MR) is 95.7 cm³/mol. The van der Waals surface area contributed by atoms with E-state index in [1.54, 1.807) is 30.7 Å². The lowest BCUT2D eigenvalue weighted by Crippen LogP contribution is -2.24. The summed E-state index contributed by atoms with van der Waals surface area (Å²) in [5.74, 6) is 1.16. The zero-order valence-electron chi connectivity index (χ0n) is 14.2. The zero-order valence-corrected chi connectivity index (χ0v) is 14.2. The maximum absolute atomic E-state index is 12.2. The Kier molecular flexibility index (Phi) is 5.09. The number of carbonyl (C=O) groups is 1. The molecule has 2 N–H and O–H groups in total. The van der Waals surface area contributed by atoms with Crippen LogP contribution in [-0.2, 0) is 6.54 Å². The number of anilines is 2. The summed E-state index contributed by atoms with van der Waals surface area (Å²) < 4.78 is 5.20. The SMILES string of the molecule is CC(C)c1ccccc1Nc1nccc(C(=O)NCc2ccco2)n1. The van der Waals surface area contributed by atoms with Gasteiger partial charge in [0, 0.05) is 11.9 Å². The fourth-order valence-corrected chi connectivity index (χ4v) is 2.45. The largest absolute Gasteiger partial charge is 0.467 e. The number of para-hydroxylation sites is 1. The van der Waals surface area contributed by atoms with E-state index in [4.69, 9.17) is 4.42 Å². The molecule has 0 spiro atoms. The number of nitrogens with zero attached hydrogens (tertiary/aromatic N) is 2. The Morgan fingerprint density at radius 2 is 2.00 bits per heavy atom. The van der Waals surface area contributed by atoms with Crippen LogP contribution in [0.25, 0.3) is 0 Å². The second-order valence-electron chi connectivity index (χ2n) is 5.89. The maximum Gasteiger partial charge on any atom is 0.270 e. The Hall–Kier alpha value is -3.15. The summed E-state index contributed by atoms with van der Waals surface area (Å²) in [7, 11) is 0. The number of amides is 1. The summed E-state index contributed by atoms with van der Waals surface area (Å²) in [4.78, 5) is 20.8. The van der Waals surface area contributed by atoms with Gasteiger partial charge in [-0.05, 0) is 35.7 Å². The molecule has 1 amide bonds. The van der Waals surface area contributed by atoms with Gasteiger partial charge in [0.25, 0.3) is 5.91 Å². The van der Waals surface area contributed by atoms with Crippen molar-refractivity contribution in [3.8, 4) is 0 Å². The Morgan fingerprint density at radius 1 is 1.16 bits per heavy atom. The van der Waals surface area contributed by atoms with Crippen LogP contribution < -0.4 is 10.6 Å². The third kappa shape index (κ3) is 4.23. The van der Waals surface area contributed by atoms with E-state index in [0.717, 1.165) is 5.69 Å². The molecule has 2 heterocycles. The molecule has 0 unspecified atom stereocenters. The van der Waals surface area contributed by atoms with Gasteiger partial charge in [0.05, 0.1) is 12.8 Å². The van der Waals surface area contributed by atoms with Crippen molar-refractivity contribution in [1.29, 1.82) is 0 Å². The van der Waals surface area contributed by atoms with E-state index < -0.39 is 0 Å². The van der Waals surface area contributed by atoms with Gasteiger partial charge in [-0.1, -0.05) is 32.0 Å². The van der Waals surface area contributed by atoms with Crippen LogP contribution in [0, 0.1) is 0 Å². The number of benzene rings is 1. The molecule has 0 atom stereocenters. The minimum atomic E-state index is -0.279. The predicted octanol–water partition coefficient (Wildman–Crippen LogP) is 3.87. The standard InChI is InChI=1S/C19H20N4O2/c1-13(2)15-7-3-4-8-16(15)22-19-20-10-9-17(23-19)18(24)21-12-14-6-5-11-25-14/h3-11,13H,12H2,1-2H3,(H,21,24)(H,20,22,23). The van der Waals surface area contributed by atoms with Crippen molar-refractivity contribution < 1.29 is 9.21 Å². The van der Waals surface area contributed by atoms with Gasteiger partial charge in [0.2, 0.25) is 5.95 Å². The van der Waals surface area contributed by atoms with E-state index in [2.05, 4.69) is 40.5 Å². The minimum Gasteiger partial charge on any atom is -0.467 e. The topological polar surface area (TPSA) is 80.0 Å². The van der Waals surface area contributed by atoms with Crippen LogP contribution in [0.2, 0.25) is 0 Å². The van der Waals surface area contributed by atoms with Crippen molar-refractivity contribution in [2.75, 3.05) is 5.32 Å². The lowest BCUT2D eigenvalue weighted by molar-refractivity contribution is 0.0943. The first kappa shape index (κ1) is 16.7. The van der Waals surface area contributed by atoms with E-state index >= 15 is 0 Å². The fourth-order valence-electron chi connectivity index (χ4n) is 2.45. The summed E-state index contributed by atoms with van der Waals surface area (Å²) in [5.41, 5.74) is 2.40. The van der Waals surface area contributed by atoms with Crippen molar-refractivity contribution >= 4 is 17.5 Å². The highest BCUT2D eigenvalue weighted by Crippen LogP contribution is 2.25. The minimum absolute atomic E-state index is 0.279. The lowest BCUT2D eigenvalue weighted by atomic mass is 10.0. The molecule has 3 rings (SSSR count). The van der Waals surface area contributed by atoms with Crippen LogP contribution in [0.5, 0.6) is 0 Å². The Morgan fingerprint density at radius 3 is 2.76 bits per heavy atom. The summed E-state index contributed by atoms with van der Waals surface area (Å²) in [5, 5.41) is 5.97. The highest BCUT2D eigenvalue weighted by Gasteiger charge is 2.11. The maximum atomic E-state index is 12.2. The average molecular weight is 336 g/mol. The highest BCUT2D eigenvalue weighted by molar-refractivity contribution is 5.92. The molecular weight excluding hydrogens is 316 g/mol. The molecule has 2 aromatic heterocycles. The lowest BCUT2D eigenvalue weighted by Gasteiger charge is -2.13. The highest BCUT2D eigenvalue weighted by atomic mass is 16.3. The third-order valence-electron chi connectivity index (χ3n) is 3.72. The first-order valence-corrected chi connectivity index (χ1v) is 8.13. The van der Waals surface area contributed by atoms with Crippen LogP contribution >= 0.6 is 0 Å². The monoisotopic (exact) mass is 336 g/mol. The van der Waals surface area contributed by atoms with Crippen molar-refractivity contribution in [1.82, 2.24) is 15.3 Å². The van der Waals surface area contributed by atoms with Crippen LogP contribution in [0.15, 0.2) is 59.3 Å². The second-order valence-corrected chi connectivity index (χ2v) is 5.89. The number of rotatable bonds is 6. The Bertz CT molecular complexity index is 844. The smallest absolute Gasteiger partial charge is 0.270 e. The molecule has 3 aromatic rings. The molecule has 0 aliphatic carbocycles. The van der Waals surface area contributed by atoms with Crippen molar-refractivity contribution in [2.45, 2.75) is 26.3 Å². The molecule has 6 heteroatoms. The molecular formula is C19H20N4O2. The molecule has 25 heavy (non-hydrogen) atoms. The second kappa shape index (κ2) is 7.61. The summed E-state index contributed by atoms with van der Waals surface area (Å²) >= 11 is 0.